The number of rotatable bonds is 0. The monoisotopic (exact) mass is 351 g/mol. The lowest BCUT2D eigenvalue weighted by Crippen LogP contribution is -2.00. The molecule has 1 nitrogen and oxygen atoms in total. The Hall–Kier alpha value is 0.980. The van der Waals surface area contributed by atoms with Crippen LogP contribution in [0.25, 0.3) is 0 Å². The number of hydrogen-bond acceptors (Lipinski definition) is 1. The molecule has 0 saturated heterocycles. The Balaban J connectivity index is 3.14. The van der Waals surface area contributed by atoms with Crippen LogP contribution >= 0.6 is 66.7 Å². The van der Waals surface area contributed by atoms with Crippen molar-refractivity contribution in [2.24, 2.45) is 0 Å². The van der Waals surface area contributed by atoms with Gasteiger partial charge in [0, 0.05) is 11.8 Å². The summed E-state index contributed by atoms with van der Waals surface area (Å²) >= 11 is 23.4. The molecule has 0 unspecified atom stereocenters. The summed E-state index contributed by atoms with van der Waals surface area (Å²) in [4.78, 5) is 3.96. The van der Waals surface area contributed by atoms with E-state index in [1.54, 1.807) is 6.07 Å². The molecule has 0 N–H and O–H groups in total. The summed E-state index contributed by atoms with van der Waals surface area (Å²) in [5.74, 6) is 0. The normalized spacial score (nSPS) is 11.8. The van der Waals surface area contributed by atoms with Gasteiger partial charge >= 0.3 is 0 Å². The average molecular weight is 354 g/mol. The lowest BCUT2D eigenvalue weighted by Gasteiger charge is -2.10. The van der Waals surface area contributed by atoms with Gasteiger partial charge in [-0.05, 0) is 37.9 Å². The Kier molecular flexibility index (Phi) is 3.69. The fourth-order valence-electron chi connectivity index (χ4n) is 0.576. The standard InChI is InChI=1S/C6H2Br2Cl3N/c7-4-1-3(6(9,10)11)2-12-5(4)8/h1-2H. The van der Waals surface area contributed by atoms with E-state index in [1.165, 1.54) is 6.20 Å². The molecule has 1 aromatic heterocycles. The molecule has 0 bridgehead atoms. The van der Waals surface area contributed by atoms with Gasteiger partial charge in [0.1, 0.15) is 4.60 Å². The largest absolute Gasteiger partial charge is 0.248 e. The van der Waals surface area contributed by atoms with E-state index in [0.29, 0.717) is 10.2 Å². The van der Waals surface area contributed by atoms with Crippen LogP contribution in [0.1, 0.15) is 5.56 Å². The second kappa shape index (κ2) is 4.01. The Labute approximate surface area is 102 Å². The topological polar surface area (TPSA) is 12.9 Å². The highest BCUT2D eigenvalue weighted by atomic mass is 79.9. The van der Waals surface area contributed by atoms with Crippen LogP contribution < -0.4 is 0 Å². The predicted octanol–water partition coefficient (Wildman–Crippen LogP) is 4.43. The third-order valence-corrected chi connectivity index (χ3v) is 3.55. The molecule has 66 valence electrons. The maximum Gasteiger partial charge on any atom is 0.217 e. The van der Waals surface area contributed by atoms with E-state index in [-0.39, 0.29) is 0 Å². The van der Waals surface area contributed by atoms with Gasteiger partial charge in [0.15, 0.2) is 0 Å². The number of aromatic nitrogens is 1. The fourth-order valence-corrected chi connectivity index (χ4v) is 1.45. The minimum absolute atomic E-state index is 0.530. The summed E-state index contributed by atoms with van der Waals surface area (Å²) < 4.78 is 0.0165. The number of alkyl halides is 3. The highest BCUT2D eigenvalue weighted by molar-refractivity contribution is 9.13. The van der Waals surface area contributed by atoms with Crippen LogP contribution in [0.4, 0.5) is 0 Å². The zero-order valence-corrected chi connectivity index (χ0v) is 10.9. The molecule has 0 aromatic carbocycles. The third kappa shape index (κ3) is 2.74. The second-order valence-corrected chi connectivity index (χ2v) is 5.88. The molecule has 0 spiro atoms. The van der Waals surface area contributed by atoms with Crippen molar-refractivity contribution in [3.8, 4) is 0 Å². The van der Waals surface area contributed by atoms with E-state index >= 15 is 0 Å². The quantitative estimate of drug-likeness (QED) is 0.496. The Morgan fingerprint density at radius 1 is 1.25 bits per heavy atom. The first-order valence-electron chi connectivity index (χ1n) is 2.79. The van der Waals surface area contributed by atoms with E-state index in [1.807, 2.05) is 0 Å². The molecule has 0 fully saturated rings. The smallest absolute Gasteiger partial charge is 0.217 e. The highest BCUT2D eigenvalue weighted by Crippen LogP contribution is 2.39. The zero-order valence-electron chi connectivity index (χ0n) is 5.49. The van der Waals surface area contributed by atoms with E-state index in [2.05, 4.69) is 36.8 Å². The number of pyridine rings is 1. The van der Waals surface area contributed by atoms with Gasteiger partial charge < -0.3 is 0 Å². The molecule has 0 aliphatic carbocycles. The van der Waals surface area contributed by atoms with Gasteiger partial charge in [-0.15, -0.1) is 0 Å². The minimum atomic E-state index is -1.42. The molecular formula is C6H2Br2Cl3N. The summed E-state index contributed by atoms with van der Waals surface area (Å²) in [6.07, 6.45) is 1.50. The van der Waals surface area contributed by atoms with Crippen molar-refractivity contribution in [1.29, 1.82) is 0 Å². The molecule has 0 radical (unpaired) electrons. The van der Waals surface area contributed by atoms with Crippen LogP contribution in [0.15, 0.2) is 21.3 Å². The number of hydrogen-bond donors (Lipinski definition) is 0. The van der Waals surface area contributed by atoms with Gasteiger partial charge in [0.05, 0.1) is 4.47 Å². The third-order valence-electron chi connectivity index (χ3n) is 1.12. The first-order valence-corrected chi connectivity index (χ1v) is 5.51. The van der Waals surface area contributed by atoms with Crippen molar-refractivity contribution < 1.29 is 0 Å². The van der Waals surface area contributed by atoms with E-state index in [9.17, 15) is 0 Å². The molecule has 1 aromatic rings. The Bertz CT molecular complexity index is 297. The van der Waals surface area contributed by atoms with Crippen molar-refractivity contribution in [3.05, 3.63) is 26.9 Å². The van der Waals surface area contributed by atoms with Crippen LogP contribution in [-0.2, 0) is 3.79 Å². The Morgan fingerprint density at radius 2 is 1.83 bits per heavy atom. The average Bonchev–Trinajstić information content (AvgIpc) is 1.92. The molecule has 6 heteroatoms. The molecule has 0 aliphatic rings. The molecule has 0 saturated carbocycles. The first-order chi connectivity index (χ1) is 5.41. The van der Waals surface area contributed by atoms with E-state index in [0.717, 1.165) is 4.47 Å². The van der Waals surface area contributed by atoms with Crippen LogP contribution in [0.3, 0.4) is 0 Å². The van der Waals surface area contributed by atoms with Crippen LogP contribution in [-0.4, -0.2) is 4.98 Å². The van der Waals surface area contributed by atoms with Crippen LogP contribution in [0.2, 0.25) is 0 Å². The van der Waals surface area contributed by atoms with Crippen molar-refractivity contribution in [2.75, 3.05) is 0 Å². The lowest BCUT2D eigenvalue weighted by atomic mass is 10.3. The van der Waals surface area contributed by atoms with Gasteiger partial charge in [-0.25, -0.2) is 4.98 Å². The van der Waals surface area contributed by atoms with Gasteiger partial charge in [0.2, 0.25) is 3.79 Å². The summed E-state index contributed by atoms with van der Waals surface area (Å²) in [5.41, 5.74) is 0.530. The maximum atomic E-state index is 5.64. The molecule has 0 atom stereocenters. The van der Waals surface area contributed by atoms with Gasteiger partial charge in [0.25, 0.3) is 0 Å². The van der Waals surface area contributed by atoms with Gasteiger partial charge in [-0.2, -0.15) is 0 Å². The van der Waals surface area contributed by atoms with Crippen molar-refractivity contribution in [2.45, 2.75) is 3.79 Å². The van der Waals surface area contributed by atoms with Gasteiger partial charge in [-0.1, -0.05) is 34.8 Å². The molecule has 1 rings (SSSR count). The maximum absolute atomic E-state index is 5.64. The van der Waals surface area contributed by atoms with Gasteiger partial charge in [-0.3, -0.25) is 0 Å². The van der Waals surface area contributed by atoms with E-state index in [4.69, 9.17) is 34.8 Å². The molecule has 0 aliphatic heterocycles. The Morgan fingerprint density at radius 3 is 2.25 bits per heavy atom. The predicted molar refractivity (Wildman–Crippen MR) is 58.9 cm³/mol. The minimum Gasteiger partial charge on any atom is -0.248 e. The molecule has 12 heavy (non-hydrogen) atoms. The molecule has 0 amide bonds. The molecule has 1 heterocycles. The summed E-state index contributed by atoms with van der Waals surface area (Å²) in [5, 5.41) is 0. The highest BCUT2D eigenvalue weighted by Gasteiger charge is 2.23. The molecular weight excluding hydrogens is 352 g/mol. The van der Waals surface area contributed by atoms with Crippen LogP contribution in [0.5, 0.6) is 0 Å². The fraction of sp³-hybridized carbons (Fsp3) is 0.167. The van der Waals surface area contributed by atoms with E-state index < -0.39 is 3.79 Å². The summed E-state index contributed by atoms with van der Waals surface area (Å²) in [6.45, 7) is 0. The summed E-state index contributed by atoms with van der Waals surface area (Å²) in [7, 11) is 0. The first kappa shape index (κ1) is 11.1. The SMILES string of the molecule is ClC(Cl)(Cl)c1cnc(Br)c(Br)c1. The summed E-state index contributed by atoms with van der Waals surface area (Å²) in [6, 6.07) is 1.70. The van der Waals surface area contributed by atoms with Crippen molar-refractivity contribution >= 4 is 66.7 Å². The van der Waals surface area contributed by atoms with Crippen LogP contribution in [0, 0.1) is 0 Å². The number of halogens is 5. The van der Waals surface area contributed by atoms with Crippen molar-refractivity contribution in [1.82, 2.24) is 4.98 Å². The number of nitrogens with zero attached hydrogens (tertiary/aromatic N) is 1. The zero-order chi connectivity index (χ0) is 9.35. The second-order valence-electron chi connectivity index (χ2n) is 1.99. The lowest BCUT2D eigenvalue weighted by molar-refractivity contribution is 1.14. The van der Waals surface area contributed by atoms with Crippen molar-refractivity contribution in [3.63, 3.8) is 0 Å².